The average molecular weight is 414 g/mol. The molecule has 1 aromatic carbocycles. The third-order valence-corrected chi connectivity index (χ3v) is 6.93. The number of pyridine rings is 1. The molecule has 2 saturated heterocycles. The number of carbonyl (C=O) groups is 1. The van der Waals surface area contributed by atoms with Crippen molar-refractivity contribution in [3.8, 4) is 0 Å². The van der Waals surface area contributed by atoms with Gasteiger partial charge in [0.15, 0.2) is 0 Å². The highest BCUT2D eigenvalue weighted by atomic mass is 32.2. The van der Waals surface area contributed by atoms with Crippen LogP contribution in [0.5, 0.6) is 0 Å². The number of anilines is 1. The van der Waals surface area contributed by atoms with E-state index in [-0.39, 0.29) is 11.9 Å². The molecule has 1 amide bonds. The highest BCUT2D eigenvalue weighted by Crippen LogP contribution is 2.26. The third kappa shape index (κ3) is 5.02. The molecule has 29 heavy (non-hydrogen) atoms. The van der Waals surface area contributed by atoms with Crippen molar-refractivity contribution in [2.24, 2.45) is 5.73 Å². The van der Waals surface area contributed by atoms with E-state index in [1.165, 1.54) is 11.1 Å². The molecule has 3 heterocycles. The topological polar surface area (TPSA) is 65.7 Å². The fraction of sp³-hybridized carbons (Fsp3) is 0.545. The molecule has 156 valence electrons. The van der Waals surface area contributed by atoms with Gasteiger partial charge < -0.3 is 15.5 Å². The van der Waals surface area contributed by atoms with Crippen LogP contribution in [0.25, 0.3) is 10.9 Å². The van der Waals surface area contributed by atoms with E-state index in [9.17, 15) is 4.79 Å². The van der Waals surface area contributed by atoms with Crippen molar-refractivity contribution in [2.45, 2.75) is 25.3 Å². The summed E-state index contributed by atoms with van der Waals surface area (Å²) in [6, 6.07) is 10.2. The first-order valence-electron chi connectivity index (χ1n) is 10.7. The van der Waals surface area contributed by atoms with E-state index in [1.54, 1.807) is 0 Å². The first kappa shape index (κ1) is 20.4. The zero-order chi connectivity index (χ0) is 20.1. The molecule has 1 atom stereocenters. The van der Waals surface area contributed by atoms with E-state index in [4.69, 9.17) is 5.73 Å². The van der Waals surface area contributed by atoms with Gasteiger partial charge in [-0.25, -0.2) is 0 Å². The highest BCUT2D eigenvalue weighted by Gasteiger charge is 2.24. The lowest BCUT2D eigenvalue weighted by Gasteiger charge is -2.36. The molecule has 0 radical (unpaired) electrons. The molecule has 2 fully saturated rings. The number of unbranched alkanes of at least 4 members (excludes halogenated alkanes) is 1. The Morgan fingerprint density at radius 3 is 2.72 bits per heavy atom. The number of hydrogen-bond acceptors (Lipinski definition) is 6. The minimum absolute atomic E-state index is 0.133. The first-order chi connectivity index (χ1) is 14.2. The van der Waals surface area contributed by atoms with Gasteiger partial charge >= 0.3 is 0 Å². The normalized spacial score (nSPS) is 19.1. The molecule has 0 aliphatic carbocycles. The Morgan fingerprint density at radius 2 is 1.93 bits per heavy atom. The maximum atomic E-state index is 12.3. The smallest absolute Gasteiger partial charge is 0.240 e. The summed E-state index contributed by atoms with van der Waals surface area (Å²) in [7, 11) is 0. The van der Waals surface area contributed by atoms with Gasteiger partial charge in [0.05, 0.1) is 17.4 Å². The van der Waals surface area contributed by atoms with Crippen LogP contribution >= 0.6 is 11.8 Å². The molecule has 6 nitrogen and oxygen atoms in total. The largest absolute Gasteiger partial charge is 0.368 e. The second-order valence-electron chi connectivity index (χ2n) is 7.92. The zero-order valence-electron chi connectivity index (χ0n) is 17.0. The number of thioether (sulfide) groups is 1. The van der Waals surface area contributed by atoms with Crippen LogP contribution in [0.15, 0.2) is 36.5 Å². The lowest BCUT2D eigenvalue weighted by molar-refractivity contribution is -0.131. The van der Waals surface area contributed by atoms with Crippen molar-refractivity contribution >= 4 is 34.3 Å². The van der Waals surface area contributed by atoms with Crippen LogP contribution in [0.4, 0.5) is 5.69 Å². The lowest BCUT2D eigenvalue weighted by Crippen LogP contribution is -2.46. The number of amides is 1. The lowest BCUT2D eigenvalue weighted by atomic mass is 10.1. The number of fused-ring (bicyclic) bond motifs is 1. The molecule has 0 spiro atoms. The van der Waals surface area contributed by atoms with E-state index >= 15 is 0 Å². The van der Waals surface area contributed by atoms with Crippen molar-refractivity contribution in [3.63, 3.8) is 0 Å². The molecule has 4 rings (SSSR count). The molecule has 7 heteroatoms. The standard InChI is InChI=1S/C22H31N5OS/c23-19(22(28)27-15-16-29-17-27)6-3-4-10-25-11-13-26(14-12-25)21-8-9-24-20-7-2-1-5-18(20)21/h1-2,5,7-9,19H,3-4,6,10-17,23H2. The molecule has 2 aliphatic heterocycles. The molecule has 1 unspecified atom stereocenters. The molecular formula is C22H31N5OS. The number of nitrogens with zero attached hydrogens (tertiary/aromatic N) is 4. The fourth-order valence-electron chi connectivity index (χ4n) is 4.21. The summed E-state index contributed by atoms with van der Waals surface area (Å²) >= 11 is 1.81. The maximum absolute atomic E-state index is 12.3. The number of hydrogen-bond donors (Lipinski definition) is 1. The molecule has 2 N–H and O–H groups in total. The molecule has 1 aromatic heterocycles. The summed E-state index contributed by atoms with van der Waals surface area (Å²) < 4.78 is 0. The van der Waals surface area contributed by atoms with Crippen molar-refractivity contribution in [1.29, 1.82) is 0 Å². The summed E-state index contributed by atoms with van der Waals surface area (Å²) in [5.41, 5.74) is 8.47. The Morgan fingerprint density at radius 1 is 1.10 bits per heavy atom. The highest BCUT2D eigenvalue weighted by molar-refractivity contribution is 7.99. The predicted molar refractivity (Wildman–Crippen MR) is 121 cm³/mol. The summed E-state index contributed by atoms with van der Waals surface area (Å²) in [4.78, 5) is 23.7. The van der Waals surface area contributed by atoms with Crippen LogP contribution in [-0.4, -0.2) is 77.6 Å². The molecule has 0 saturated carbocycles. The van der Waals surface area contributed by atoms with Crippen molar-refractivity contribution in [3.05, 3.63) is 36.5 Å². The van der Waals surface area contributed by atoms with Gasteiger partial charge in [-0.2, -0.15) is 0 Å². The Kier molecular flexibility index (Phi) is 6.90. The maximum Gasteiger partial charge on any atom is 0.240 e. The van der Waals surface area contributed by atoms with Gasteiger partial charge in [-0.05, 0) is 31.5 Å². The number of carbonyl (C=O) groups excluding carboxylic acids is 1. The second-order valence-corrected chi connectivity index (χ2v) is 8.99. The minimum atomic E-state index is -0.328. The minimum Gasteiger partial charge on any atom is -0.368 e. The van der Waals surface area contributed by atoms with Crippen LogP contribution in [0.1, 0.15) is 19.3 Å². The third-order valence-electron chi connectivity index (χ3n) is 5.96. The van der Waals surface area contributed by atoms with E-state index in [2.05, 4.69) is 39.0 Å². The van der Waals surface area contributed by atoms with Gasteiger partial charge in [0.1, 0.15) is 0 Å². The fourth-order valence-corrected chi connectivity index (χ4v) is 5.17. The van der Waals surface area contributed by atoms with Gasteiger partial charge in [0.25, 0.3) is 0 Å². The van der Waals surface area contributed by atoms with E-state index in [0.717, 1.165) is 75.7 Å². The van der Waals surface area contributed by atoms with Gasteiger partial charge in [-0.15, -0.1) is 11.8 Å². The average Bonchev–Trinajstić information content (AvgIpc) is 3.31. The van der Waals surface area contributed by atoms with Crippen molar-refractivity contribution in [2.75, 3.05) is 55.8 Å². The zero-order valence-corrected chi connectivity index (χ0v) is 17.8. The molecule has 2 aliphatic rings. The number of piperazine rings is 1. The monoisotopic (exact) mass is 413 g/mol. The second kappa shape index (κ2) is 9.78. The Balaban J connectivity index is 1.19. The van der Waals surface area contributed by atoms with Crippen molar-refractivity contribution in [1.82, 2.24) is 14.8 Å². The summed E-state index contributed by atoms with van der Waals surface area (Å²) in [5, 5.41) is 1.23. The van der Waals surface area contributed by atoms with Gasteiger partial charge in [0.2, 0.25) is 5.91 Å². The number of rotatable bonds is 7. The summed E-state index contributed by atoms with van der Waals surface area (Å²) in [6.45, 7) is 6.18. The number of benzene rings is 1. The summed E-state index contributed by atoms with van der Waals surface area (Å²) in [6.07, 6.45) is 4.83. The van der Waals surface area contributed by atoms with Crippen LogP contribution in [0, 0.1) is 0 Å². The van der Waals surface area contributed by atoms with Crippen LogP contribution in [0.3, 0.4) is 0 Å². The van der Waals surface area contributed by atoms with Crippen LogP contribution < -0.4 is 10.6 Å². The van der Waals surface area contributed by atoms with Gasteiger partial charge in [-0.3, -0.25) is 14.7 Å². The van der Waals surface area contributed by atoms with E-state index in [0.29, 0.717) is 0 Å². The Hall–Kier alpha value is -1.83. The number of para-hydroxylation sites is 1. The Labute approximate surface area is 177 Å². The van der Waals surface area contributed by atoms with E-state index < -0.39 is 0 Å². The molecule has 2 aromatic rings. The van der Waals surface area contributed by atoms with E-state index in [1.807, 2.05) is 28.9 Å². The molecule has 0 bridgehead atoms. The quantitative estimate of drug-likeness (QED) is 0.703. The molecular weight excluding hydrogens is 382 g/mol. The number of nitrogens with two attached hydrogens (primary N) is 1. The van der Waals surface area contributed by atoms with Gasteiger partial charge in [0, 0.05) is 55.7 Å². The number of aromatic nitrogens is 1. The first-order valence-corrected chi connectivity index (χ1v) is 11.8. The van der Waals surface area contributed by atoms with Crippen molar-refractivity contribution < 1.29 is 4.79 Å². The van der Waals surface area contributed by atoms with Crippen LogP contribution in [0.2, 0.25) is 0 Å². The SMILES string of the molecule is NC(CCCCN1CCN(c2ccnc3ccccc23)CC1)C(=O)N1CCSC1. The van der Waals surface area contributed by atoms with Gasteiger partial charge in [-0.1, -0.05) is 24.6 Å². The van der Waals surface area contributed by atoms with Crippen LogP contribution in [-0.2, 0) is 4.79 Å². The summed E-state index contributed by atoms with van der Waals surface area (Å²) in [5.74, 6) is 1.98. The Bertz CT molecular complexity index is 812. The predicted octanol–water partition coefficient (Wildman–Crippen LogP) is 2.39.